The highest BCUT2D eigenvalue weighted by Gasteiger charge is 2.38. The Morgan fingerprint density at radius 1 is 0.261 bits per heavy atom. The van der Waals surface area contributed by atoms with Gasteiger partial charge in [-0.15, -0.1) is 0 Å². The van der Waals surface area contributed by atoms with Gasteiger partial charge in [0.15, 0.2) is 0 Å². The molecule has 7 heteroatoms. The molecule has 12 aromatic carbocycles. The van der Waals surface area contributed by atoms with Gasteiger partial charge in [0.25, 0.3) is 0 Å². The van der Waals surface area contributed by atoms with Gasteiger partial charge < -0.3 is 9.80 Å². The van der Waals surface area contributed by atoms with E-state index in [1.807, 2.05) is 43.0 Å². The zero-order valence-corrected chi connectivity index (χ0v) is 50.7. The van der Waals surface area contributed by atoms with Crippen LogP contribution in [0, 0.1) is 0 Å². The lowest BCUT2D eigenvalue weighted by Crippen LogP contribution is -2.17. The monoisotopic (exact) mass is 1180 g/mol. The van der Waals surface area contributed by atoms with E-state index in [4.69, 9.17) is 19.9 Å². The van der Waals surface area contributed by atoms with Crippen LogP contribution in [0.5, 0.6) is 0 Å². The smallest absolute Gasteiger partial charge is 0.137 e. The Bertz CT molecular complexity index is 5480. The molecule has 0 saturated carbocycles. The summed E-state index contributed by atoms with van der Waals surface area (Å²) < 4.78 is 0. The standard InChI is InChI=1S/C85H59N7/c1-85(2)77-27-13-12-26-71(77)73-53-75-76(54-78(73)85)83(91(68-39-43-80-62(50-68)24-15-47-87-80)66-35-30-60(31-36-66)57-19-8-4-9-20-57)72-41-37-70(90(67-38-42-79-61(49-67)23-14-46-86-79)65-33-28-59(29-34-65)56-17-6-3-7-18-56)52-74(72)84(75)92(69-40-44-81-63(51-69)25-16-48-88-81)82-45-32-64(55-89-82)58-21-10-5-11-22-58/h3-55H,1-2H3. The first-order chi connectivity index (χ1) is 45.4. The summed E-state index contributed by atoms with van der Waals surface area (Å²) in [6.07, 6.45) is 7.62. The lowest BCUT2D eigenvalue weighted by molar-refractivity contribution is 0.661. The van der Waals surface area contributed by atoms with E-state index in [9.17, 15) is 0 Å². The molecule has 16 aromatic rings. The molecular weight excluding hydrogens is 1120 g/mol. The quantitative estimate of drug-likeness (QED) is 0.0892. The van der Waals surface area contributed by atoms with Gasteiger partial charge >= 0.3 is 0 Å². The number of hydrogen-bond acceptors (Lipinski definition) is 7. The molecule has 0 N–H and O–H groups in total. The molecule has 1 aliphatic rings. The van der Waals surface area contributed by atoms with Crippen molar-refractivity contribution in [2.45, 2.75) is 19.3 Å². The van der Waals surface area contributed by atoms with Gasteiger partial charge in [-0.25, -0.2) is 4.98 Å². The van der Waals surface area contributed by atoms with E-state index < -0.39 is 0 Å². The summed E-state index contributed by atoms with van der Waals surface area (Å²) >= 11 is 0. The Morgan fingerprint density at radius 3 is 1.22 bits per heavy atom. The Hall–Kier alpha value is -12.1. The van der Waals surface area contributed by atoms with Crippen LogP contribution in [0.3, 0.4) is 0 Å². The van der Waals surface area contributed by atoms with Gasteiger partial charge in [-0.1, -0.05) is 178 Å². The normalized spacial score (nSPS) is 12.3. The third-order valence-electron chi connectivity index (χ3n) is 18.5. The molecule has 0 aliphatic heterocycles. The molecule has 0 fully saturated rings. The summed E-state index contributed by atoms with van der Waals surface area (Å²) in [5, 5.41) is 7.30. The molecule has 7 nitrogen and oxygen atoms in total. The zero-order valence-electron chi connectivity index (χ0n) is 50.7. The molecule has 0 radical (unpaired) electrons. The topological polar surface area (TPSA) is 61.3 Å². The van der Waals surface area contributed by atoms with Gasteiger partial charge in [-0.2, -0.15) is 0 Å². The molecule has 1 aliphatic carbocycles. The summed E-state index contributed by atoms with van der Waals surface area (Å²) in [7, 11) is 0. The number of fused-ring (bicyclic) bond motifs is 8. The molecule has 0 bridgehead atoms. The fraction of sp³-hybridized carbons (Fsp3) is 0.0353. The highest BCUT2D eigenvalue weighted by atomic mass is 15.2. The fourth-order valence-electron chi connectivity index (χ4n) is 14.0. The predicted octanol–water partition coefficient (Wildman–Crippen LogP) is 22.7. The van der Waals surface area contributed by atoms with Crippen molar-refractivity contribution in [1.82, 2.24) is 19.9 Å². The minimum absolute atomic E-state index is 0.334. The van der Waals surface area contributed by atoms with Crippen molar-refractivity contribution in [2.75, 3.05) is 14.7 Å². The molecule has 434 valence electrons. The fourth-order valence-corrected chi connectivity index (χ4v) is 14.0. The molecule has 0 saturated heterocycles. The van der Waals surface area contributed by atoms with Crippen molar-refractivity contribution in [3.63, 3.8) is 0 Å². The van der Waals surface area contributed by atoms with Crippen LogP contribution in [0.25, 0.3) is 98.8 Å². The van der Waals surface area contributed by atoms with E-state index in [1.54, 1.807) is 0 Å². The maximum absolute atomic E-state index is 5.54. The Kier molecular flexibility index (Phi) is 13.1. The van der Waals surface area contributed by atoms with E-state index in [-0.39, 0.29) is 5.41 Å². The van der Waals surface area contributed by atoms with Crippen LogP contribution in [-0.2, 0) is 5.41 Å². The first-order valence-electron chi connectivity index (χ1n) is 31.3. The summed E-state index contributed by atoms with van der Waals surface area (Å²) in [5.74, 6) is 0.765. The van der Waals surface area contributed by atoms with Crippen LogP contribution >= 0.6 is 0 Å². The van der Waals surface area contributed by atoms with Gasteiger partial charge in [0, 0.05) is 108 Å². The first-order valence-corrected chi connectivity index (χ1v) is 31.3. The SMILES string of the molecule is CC1(C)c2ccccc2-c2cc3c(N(c4ccc5ncccc5c4)c4ccc(-c5ccccc5)cn4)c4cc(N(c5ccc(-c6ccccc6)cc5)c5ccc6ncccc6c5)ccc4c(N(c4ccc(-c5ccccc5)cc4)c4ccc5ncccc5c4)c3cc21. The van der Waals surface area contributed by atoms with Crippen molar-refractivity contribution in [1.29, 1.82) is 0 Å². The number of nitrogens with zero attached hydrogens (tertiary/aromatic N) is 7. The second-order valence-corrected chi connectivity index (χ2v) is 24.3. The molecule has 4 aromatic heterocycles. The minimum atomic E-state index is -0.334. The van der Waals surface area contributed by atoms with Crippen molar-refractivity contribution < 1.29 is 0 Å². The van der Waals surface area contributed by atoms with Crippen molar-refractivity contribution in [2.24, 2.45) is 0 Å². The largest absolute Gasteiger partial charge is 0.310 e. The lowest BCUT2D eigenvalue weighted by Gasteiger charge is -2.34. The second kappa shape index (κ2) is 22.2. The van der Waals surface area contributed by atoms with Crippen molar-refractivity contribution in [3.8, 4) is 44.5 Å². The summed E-state index contributed by atoms with van der Waals surface area (Å²) in [6, 6.07) is 108. The van der Waals surface area contributed by atoms with Crippen LogP contribution in [-0.4, -0.2) is 19.9 Å². The Morgan fingerprint density at radius 2 is 0.674 bits per heavy atom. The molecule has 0 unspecified atom stereocenters. The van der Waals surface area contributed by atoms with Crippen LogP contribution in [0.2, 0.25) is 0 Å². The number of anilines is 9. The van der Waals surface area contributed by atoms with Gasteiger partial charge in [0.05, 0.1) is 27.9 Å². The lowest BCUT2D eigenvalue weighted by atomic mass is 9.81. The van der Waals surface area contributed by atoms with E-state index in [1.165, 1.54) is 22.3 Å². The van der Waals surface area contributed by atoms with Crippen LogP contribution in [0.15, 0.2) is 322 Å². The van der Waals surface area contributed by atoms with Crippen LogP contribution < -0.4 is 14.7 Å². The molecule has 0 spiro atoms. The predicted molar refractivity (Wildman–Crippen MR) is 383 cm³/mol. The average Bonchev–Trinajstić information content (AvgIpc) is 1.27. The minimum Gasteiger partial charge on any atom is -0.310 e. The third-order valence-corrected chi connectivity index (χ3v) is 18.5. The Balaban J connectivity index is 1.02. The molecule has 17 rings (SSSR count). The molecule has 0 amide bonds. The number of aromatic nitrogens is 4. The summed E-state index contributed by atoms with van der Waals surface area (Å²) in [5.41, 5.74) is 22.1. The second-order valence-electron chi connectivity index (χ2n) is 24.3. The number of hydrogen-bond donors (Lipinski definition) is 0. The zero-order chi connectivity index (χ0) is 61.3. The van der Waals surface area contributed by atoms with Gasteiger partial charge in [-0.05, 0) is 184 Å². The van der Waals surface area contributed by atoms with Gasteiger partial charge in [0.1, 0.15) is 5.82 Å². The van der Waals surface area contributed by atoms with Crippen LogP contribution in [0.1, 0.15) is 25.0 Å². The highest BCUT2D eigenvalue weighted by molar-refractivity contribution is 6.25. The maximum Gasteiger partial charge on any atom is 0.137 e. The van der Waals surface area contributed by atoms with Crippen molar-refractivity contribution >= 4 is 106 Å². The van der Waals surface area contributed by atoms with E-state index in [0.29, 0.717) is 0 Å². The number of pyridine rings is 4. The third kappa shape index (κ3) is 9.37. The van der Waals surface area contributed by atoms with E-state index in [0.717, 1.165) is 139 Å². The number of rotatable bonds is 12. The Labute approximate surface area is 534 Å². The number of benzene rings is 12. The van der Waals surface area contributed by atoms with E-state index >= 15 is 0 Å². The molecular formula is C85H59N7. The first kappa shape index (κ1) is 54.1. The van der Waals surface area contributed by atoms with E-state index in [2.05, 4.69) is 308 Å². The van der Waals surface area contributed by atoms with Crippen LogP contribution in [0.4, 0.5) is 51.3 Å². The molecule has 4 heterocycles. The highest BCUT2D eigenvalue weighted by Crippen LogP contribution is 2.57. The van der Waals surface area contributed by atoms with Gasteiger partial charge in [-0.3, -0.25) is 19.9 Å². The van der Waals surface area contributed by atoms with Crippen molar-refractivity contribution in [3.05, 3.63) is 333 Å². The molecule has 92 heavy (non-hydrogen) atoms. The summed E-state index contributed by atoms with van der Waals surface area (Å²) in [6.45, 7) is 4.76. The maximum atomic E-state index is 5.54. The van der Waals surface area contributed by atoms with Gasteiger partial charge in [0.2, 0.25) is 0 Å². The summed E-state index contributed by atoms with van der Waals surface area (Å²) in [4.78, 5) is 27.3. The molecule has 0 atom stereocenters. The average molecular weight is 1180 g/mol.